The molecule has 1 aliphatic rings. The van der Waals surface area contributed by atoms with Crippen LogP contribution >= 0.6 is 0 Å². The summed E-state index contributed by atoms with van der Waals surface area (Å²) in [6, 6.07) is 5.57. The van der Waals surface area contributed by atoms with Gasteiger partial charge in [-0.25, -0.2) is 0 Å². The molecule has 0 amide bonds. The van der Waals surface area contributed by atoms with Gasteiger partial charge >= 0.3 is 5.97 Å². The monoisotopic (exact) mass is 220 g/mol. The van der Waals surface area contributed by atoms with Gasteiger partial charge in [-0.15, -0.1) is 0 Å². The van der Waals surface area contributed by atoms with Crippen LogP contribution < -0.4 is 0 Å². The molecule has 1 aliphatic carbocycles. The largest absolute Gasteiger partial charge is 0.508 e. The van der Waals surface area contributed by atoms with Gasteiger partial charge in [0.2, 0.25) is 0 Å². The molecule has 0 saturated carbocycles. The van der Waals surface area contributed by atoms with E-state index in [1.54, 1.807) is 6.07 Å². The molecule has 0 bridgehead atoms. The summed E-state index contributed by atoms with van der Waals surface area (Å²) in [5, 5.41) is 9.86. The molecule has 86 valence electrons. The lowest BCUT2D eigenvalue weighted by molar-refractivity contribution is -0.141. The highest BCUT2D eigenvalue weighted by Crippen LogP contribution is 2.39. The van der Waals surface area contributed by atoms with Gasteiger partial charge in [-0.2, -0.15) is 0 Å². The normalized spacial score (nSPS) is 18.9. The minimum Gasteiger partial charge on any atom is -0.508 e. The maximum absolute atomic E-state index is 11.3. The molecule has 0 spiro atoms. The second-order valence-corrected chi connectivity index (χ2v) is 4.22. The summed E-state index contributed by atoms with van der Waals surface area (Å²) in [4.78, 5) is 11.3. The minimum atomic E-state index is -0.207. The van der Waals surface area contributed by atoms with Gasteiger partial charge in [0.05, 0.1) is 13.5 Å². The summed E-state index contributed by atoms with van der Waals surface area (Å²) in [5.41, 5.74) is 2.11. The van der Waals surface area contributed by atoms with Crippen LogP contribution in [0.4, 0.5) is 0 Å². The Balaban J connectivity index is 2.28. The van der Waals surface area contributed by atoms with E-state index in [0.717, 1.165) is 24.8 Å². The Kier molecular flexibility index (Phi) is 3.13. The molecule has 1 aromatic carbocycles. The van der Waals surface area contributed by atoms with E-state index in [2.05, 4.69) is 4.74 Å². The van der Waals surface area contributed by atoms with Crippen LogP contribution in [0.2, 0.25) is 0 Å². The zero-order valence-corrected chi connectivity index (χ0v) is 9.40. The van der Waals surface area contributed by atoms with E-state index in [0.29, 0.717) is 12.2 Å². The highest BCUT2D eigenvalue weighted by molar-refractivity contribution is 5.71. The first-order valence-electron chi connectivity index (χ1n) is 5.60. The Morgan fingerprint density at radius 3 is 3.12 bits per heavy atom. The summed E-state index contributed by atoms with van der Waals surface area (Å²) in [5.74, 6) is 0.213. The smallest absolute Gasteiger partial charge is 0.306 e. The third-order valence-electron chi connectivity index (χ3n) is 3.22. The first-order valence-corrected chi connectivity index (χ1v) is 5.60. The average Bonchev–Trinajstić information content (AvgIpc) is 2.29. The molecule has 2 rings (SSSR count). The molecule has 1 unspecified atom stereocenters. The zero-order valence-electron chi connectivity index (χ0n) is 9.40. The number of carbonyl (C=O) groups excluding carboxylic acids is 1. The van der Waals surface area contributed by atoms with Gasteiger partial charge in [0, 0.05) is 5.56 Å². The average molecular weight is 220 g/mol. The molecule has 1 atom stereocenters. The van der Waals surface area contributed by atoms with Crippen molar-refractivity contribution in [1.29, 1.82) is 0 Å². The molecule has 1 N–H and O–H groups in total. The Labute approximate surface area is 95.0 Å². The van der Waals surface area contributed by atoms with Gasteiger partial charge in [-0.05, 0) is 36.8 Å². The van der Waals surface area contributed by atoms with Crippen molar-refractivity contribution >= 4 is 5.97 Å². The number of hydrogen-bond donors (Lipinski definition) is 1. The lowest BCUT2D eigenvalue weighted by Gasteiger charge is -2.25. The molecule has 3 heteroatoms. The van der Waals surface area contributed by atoms with Crippen molar-refractivity contribution in [3.63, 3.8) is 0 Å². The van der Waals surface area contributed by atoms with Gasteiger partial charge in [-0.3, -0.25) is 4.79 Å². The Morgan fingerprint density at radius 2 is 2.38 bits per heavy atom. The number of phenols is 1. The Morgan fingerprint density at radius 1 is 1.56 bits per heavy atom. The van der Waals surface area contributed by atoms with Gasteiger partial charge in [0.1, 0.15) is 5.75 Å². The van der Waals surface area contributed by atoms with E-state index >= 15 is 0 Å². The maximum Gasteiger partial charge on any atom is 0.306 e. The molecule has 0 heterocycles. The van der Waals surface area contributed by atoms with E-state index < -0.39 is 0 Å². The van der Waals surface area contributed by atoms with Crippen LogP contribution in [0, 0.1) is 0 Å². The molecule has 16 heavy (non-hydrogen) atoms. The first-order chi connectivity index (χ1) is 7.72. The van der Waals surface area contributed by atoms with Crippen LogP contribution in [-0.4, -0.2) is 18.2 Å². The van der Waals surface area contributed by atoms with Crippen LogP contribution in [0.25, 0.3) is 0 Å². The SMILES string of the molecule is COC(=O)CC1CCCc2cccc(O)c21. The highest BCUT2D eigenvalue weighted by Gasteiger charge is 2.25. The summed E-state index contributed by atoms with van der Waals surface area (Å²) >= 11 is 0. The number of phenolic OH excluding ortho intramolecular Hbond substituents is 1. The van der Waals surface area contributed by atoms with Crippen LogP contribution in [-0.2, 0) is 16.0 Å². The molecule has 1 aromatic rings. The number of aryl methyl sites for hydroxylation is 1. The standard InChI is InChI=1S/C13H16O3/c1-16-12(15)8-10-6-2-4-9-5-3-7-11(14)13(9)10/h3,5,7,10,14H,2,4,6,8H2,1H3. The maximum atomic E-state index is 11.3. The van der Waals surface area contributed by atoms with Crippen LogP contribution in [0.15, 0.2) is 18.2 Å². The molecule has 0 fully saturated rings. The van der Waals surface area contributed by atoms with Crippen molar-refractivity contribution in [3.05, 3.63) is 29.3 Å². The van der Waals surface area contributed by atoms with Crippen molar-refractivity contribution in [2.75, 3.05) is 7.11 Å². The Hall–Kier alpha value is -1.51. The van der Waals surface area contributed by atoms with Crippen molar-refractivity contribution < 1.29 is 14.6 Å². The lowest BCUT2D eigenvalue weighted by Crippen LogP contribution is -2.14. The fourth-order valence-corrected chi connectivity index (χ4v) is 2.46. The fraction of sp³-hybridized carbons (Fsp3) is 0.462. The van der Waals surface area contributed by atoms with Crippen molar-refractivity contribution in [3.8, 4) is 5.75 Å². The topological polar surface area (TPSA) is 46.5 Å². The molecular formula is C13H16O3. The number of esters is 1. The third-order valence-corrected chi connectivity index (χ3v) is 3.22. The van der Waals surface area contributed by atoms with E-state index in [-0.39, 0.29) is 11.9 Å². The number of aromatic hydroxyl groups is 1. The quantitative estimate of drug-likeness (QED) is 0.778. The number of carbonyl (C=O) groups is 1. The van der Waals surface area contributed by atoms with E-state index in [9.17, 15) is 9.90 Å². The fourth-order valence-electron chi connectivity index (χ4n) is 2.46. The van der Waals surface area contributed by atoms with Crippen molar-refractivity contribution in [2.45, 2.75) is 31.6 Å². The molecule has 0 aromatic heterocycles. The summed E-state index contributed by atoms with van der Waals surface area (Å²) in [7, 11) is 1.40. The van der Waals surface area contributed by atoms with E-state index in [4.69, 9.17) is 0 Å². The molecular weight excluding hydrogens is 204 g/mol. The van der Waals surface area contributed by atoms with Crippen molar-refractivity contribution in [2.24, 2.45) is 0 Å². The summed E-state index contributed by atoms with van der Waals surface area (Å²) < 4.78 is 4.69. The second kappa shape index (κ2) is 4.56. The number of hydrogen-bond acceptors (Lipinski definition) is 3. The lowest BCUT2D eigenvalue weighted by atomic mass is 9.80. The number of methoxy groups -OCH3 is 1. The molecule has 0 radical (unpaired) electrons. The number of benzene rings is 1. The van der Waals surface area contributed by atoms with Gasteiger partial charge in [-0.1, -0.05) is 12.1 Å². The number of ether oxygens (including phenoxy) is 1. The predicted molar refractivity (Wildman–Crippen MR) is 60.4 cm³/mol. The molecule has 0 aliphatic heterocycles. The van der Waals surface area contributed by atoms with Crippen LogP contribution in [0.1, 0.15) is 36.3 Å². The van der Waals surface area contributed by atoms with E-state index in [1.165, 1.54) is 12.7 Å². The summed E-state index contributed by atoms with van der Waals surface area (Å²) in [6.07, 6.45) is 3.36. The zero-order chi connectivity index (χ0) is 11.5. The van der Waals surface area contributed by atoms with E-state index in [1.807, 2.05) is 12.1 Å². The molecule has 3 nitrogen and oxygen atoms in total. The van der Waals surface area contributed by atoms with Gasteiger partial charge in [0.15, 0.2) is 0 Å². The number of rotatable bonds is 2. The second-order valence-electron chi connectivity index (χ2n) is 4.22. The van der Waals surface area contributed by atoms with Crippen LogP contribution in [0.3, 0.4) is 0 Å². The summed E-state index contributed by atoms with van der Waals surface area (Å²) in [6.45, 7) is 0. The predicted octanol–water partition coefficient (Wildman–Crippen LogP) is 2.38. The first kappa shape index (κ1) is 11.0. The van der Waals surface area contributed by atoms with Crippen LogP contribution in [0.5, 0.6) is 5.75 Å². The Bertz CT molecular complexity index is 398. The van der Waals surface area contributed by atoms with Gasteiger partial charge < -0.3 is 9.84 Å². The minimum absolute atomic E-state index is 0.109. The molecule has 0 saturated heterocycles. The number of fused-ring (bicyclic) bond motifs is 1. The van der Waals surface area contributed by atoms with Gasteiger partial charge in [0.25, 0.3) is 0 Å². The third kappa shape index (κ3) is 2.03. The highest BCUT2D eigenvalue weighted by atomic mass is 16.5. The van der Waals surface area contributed by atoms with Crippen molar-refractivity contribution in [1.82, 2.24) is 0 Å².